The van der Waals surface area contributed by atoms with E-state index in [0.717, 1.165) is 24.3 Å². The molecule has 9 heteroatoms. The molecule has 1 unspecified atom stereocenters. The van der Waals surface area contributed by atoms with E-state index in [2.05, 4.69) is 30.0 Å². The van der Waals surface area contributed by atoms with Crippen molar-refractivity contribution in [3.8, 4) is 0 Å². The summed E-state index contributed by atoms with van der Waals surface area (Å²) in [5.74, 6) is -1.56. The molecule has 2 rings (SSSR count). The second-order valence-corrected chi connectivity index (χ2v) is 13.0. The molecule has 38 heavy (non-hydrogen) atoms. The molecule has 0 radical (unpaired) electrons. The van der Waals surface area contributed by atoms with Crippen molar-refractivity contribution in [3.05, 3.63) is 65.0 Å². The smallest absolute Gasteiger partial charge is 0.311 e. The van der Waals surface area contributed by atoms with E-state index in [1.165, 1.54) is 17.7 Å². The number of halogens is 1. The Morgan fingerprint density at radius 2 is 1.61 bits per heavy atom. The molecule has 0 bridgehead atoms. The molecule has 0 aromatic heterocycles. The van der Waals surface area contributed by atoms with Crippen molar-refractivity contribution in [2.75, 3.05) is 17.5 Å². The lowest BCUT2D eigenvalue weighted by Crippen LogP contribution is -2.34. The summed E-state index contributed by atoms with van der Waals surface area (Å²) in [4.78, 5) is 25.5. The van der Waals surface area contributed by atoms with Gasteiger partial charge in [-0.3, -0.25) is 14.3 Å². The summed E-state index contributed by atoms with van der Waals surface area (Å²) in [5.41, 5.74) is 1.91. The summed E-state index contributed by atoms with van der Waals surface area (Å²) < 4.78 is 45.1. The topological polar surface area (TPSA) is 102 Å². The van der Waals surface area contributed by atoms with Crippen LogP contribution in [0.2, 0.25) is 0 Å². The summed E-state index contributed by atoms with van der Waals surface area (Å²) >= 11 is 0. The molecule has 2 N–H and O–H groups in total. The van der Waals surface area contributed by atoms with Crippen LogP contribution in [0.15, 0.2) is 42.5 Å². The molecule has 0 saturated heterocycles. The molecular formula is C29H41FN2O5S. The third-order valence-electron chi connectivity index (χ3n) is 6.03. The van der Waals surface area contributed by atoms with Crippen molar-refractivity contribution in [2.45, 2.75) is 72.8 Å². The van der Waals surface area contributed by atoms with Gasteiger partial charge in [-0.15, -0.1) is 0 Å². The van der Waals surface area contributed by atoms with Gasteiger partial charge in [0, 0.05) is 19.4 Å². The second kappa shape index (κ2) is 13.2. The first kappa shape index (κ1) is 31.3. The van der Waals surface area contributed by atoms with E-state index in [-0.39, 0.29) is 24.1 Å². The van der Waals surface area contributed by atoms with Crippen LogP contribution in [-0.2, 0) is 37.2 Å². The number of hydrogen-bond acceptors (Lipinski definition) is 5. The minimum Gasteiger partial charge on any atom is -0.462 e. The molecule has 2 aromatic carbocycles. The van der Waals surface area contributed by atoms with Crippen LogP contribution in [0.25, 0.3) is 0 Å². The van der Waals surface area contributed by atoms with E-state index in [9.17, 15) is 22.4 Å². The fraction of sp³-hybridized carbons (Fsp3) is 0.517. The van der Waals surface area contributed by atoms with Crippen molar-refractivity contribution in [1.82, 2.24) is 5.32 Å². The maximum atomic E-state index is 14.4. The van der Waals surface area contributed by atoms with Crippen LogP contribution in [0.5, 0.6) is 0 Å². The number of benzene rings is 2. The maximum Gasteiger partial charge on any atom is 0.311 e. The summed E-state index contributed by atoms with van der Waals surface area (Å²) in [6.45, 7) is 11.6. The average Bonchev–Trinajstić information content (AvgIpc) is 2.79. The highest BCUT2D eigenvalue weighted by Crippen LogP contribution is 2.24. The van der Waals surface area contributed by atoms with E-state index in [4.69, 9.17) is 4.74 Å². The van der Waals surface area contributed by atoms with Gasteiger partial charge in [0.25, 0.3) is 0 Å². The predicted molar refractivity (Wildman–Crippen MR) is 149 cm³/mol. The van der Waals surface area contributed by atoms with Crippen LogP contribution in [0.3, 0.4) is 0 Å². The Morgan fingerprint density at radius 3 is 2.13 bits per heavy atom. The number of ether oxygens (including phenoxy) is 1. The van der Waals surface area contributed by atoms with E-state index >= 15 is 0 Å². The van der Waals surface area contributed by atoms with Crippen LogP contribution in [0, 0.1) is 17.2 Å². The van der Waals surface area contributed by atoms with Crippen LogP contribution in [0.1, 0.15) is 70.6 Å². The second-order valence-electron chi connectivity index (χ2n) is 11.3. The number of carbonyl (C=O) groups is 2. The zero-order chi connectivity index (χ0) is 28.7. The maximum absolute atomic E-state index is 14.4. The molecule has 2 aromatic rings. The zero-order valence-corrected chi connectivity index (χ0v) is 24.2. The van der Waals surface area contributed by atoms with Crippen LogP contribution < -0.4 is 10.0 Å². The molecule has 0 aliphatic heterocycles. The normalized spacial score (nSPS) is 13.6. The minimum atomic E-state index is -3.62. The summed E-state index contributed by atoms with van der Waals surface area (Å²) in [6.07, 6.45) is 2.38. The quantitative estimate of drug-likeness (QED) is 0.355. The lowest BCUT2D eigenvalue weighted by Gasteiger charge is -2.25. The van der Waals surface area contributed by atoms with E-state index < -0.39 is 33.3 Å². The van der Waals surface area contributed by atoms with Gasteiger partial charge in [-0.25, -0.2) is 12.8 Å². The van der Waals surface area contributed by atoms with Crippen molar-refractivity contribution < 1.29 is 27.1 Å². The first-order chi connectivity index (χ1) is 17.6. The third kappa shape index (κ3) is 10.1. The molecular weight excluding hydrogens is 507 g/mol. The van der Waals surface area contributed by atoms with Crippen LogP contribution >= 0.6 is 0 Å². The molecule has 0 fully saturated rings. The lowest BCUT2D eigenvalue weighted by molar-refractivity contribution is -0.158. The van der Waals surface area contributed by atoms with Gasteiger partial charge >= 0.3 is 5.97 Å². The van der Waals surface area contributed by atoms with Crippen molar-refractivity contribution in [3.63, 3.8) is 0 Å². The standard InChI is InChI=1S/C29H41FN2O5S/c1-19(2)16-22-10-8-9-11-23(22)17-24(37-28(34)29(4,5)6)14-15-31-27(33)20(3)21-12-13-26(25(30)18-21)32-38(7,35)36/h8-13,18-20,24,32H,14-17H2,1-7H3,(H,31,33)/t20-,24?/m0/s1. The van der Waals surface area contributed by atoms with Gasteiger partial charge in [0.1, 0.15) is 11.9 Å². The van der Waals surface area contributed by atoms with Gasteiger partial charge in [-0.2, -0.15) is 0 Å². The Morgan fingerprint density at radius 1 is 1.00 bits per heavy atom. The molecule has 2 atom stereocenters. The Hall–Kier alpha value is -2.94. The SMILES string of the molecule is CC(C)Cc1ccccc1CC(CCNC(=O)[C@@H](C)c1ccc(NS(C)(=O)=O)c(F)c1)OC(=O)C(C)(C)C. The number of rotatable bonds is 12. The predicted octanol–water partition coefficient (Wildman–Crippen LogP) is 5.21. The van der Waals surface area contributed by atoms with E-state index in [1.807, 2.05) is 18.2 Å². The van der Waals surface area contributed by atoms with Crippen molar-refractivity contribution >= 4 is 27.6 Å². The minimum absolute atomic E-state index is 0.176. The molecule has 0 aliphatic rings. The Balaban J connectivity index is 2.09. The Labute approximate surface area is 226 Å². The highest BCUT2D eigenvalue weighted by molar-refractivity contribution is 7.92. The number of amides is 1. The molecule has 0 heterocycles. The summed E-state index contributed by atoms with van der Waals surface area (Å²) in [7, 11) is -3.62. The molecule has 210 valence electrons. The Bertz CT molecular complexity index is 1220. The number of sulfonamides is 1. The lowest BCUT2D eigenvalue weighted by atomic mass is 9.93. The molecule has 7 nitrogen and oxygen atoms in total. The fourth-order valence-corrected chi connectivity index (χ4v) is 4.48. The monoisotopic (exact) mass is 548 g/mol. The molecule has 0 spiro atoms. The molecule has 0 aliphatic carbocycles. The first-order valence-electron chi connectivity index (χ1n) is 12.9. The first-order valence-corrected chi connectivity index (χ1v) is 14.8. The zero-order valence-electron chi connectivity index (χ0n) is 23.4. The summed E-state index contributed by atoms with van der Waals surface area (Å²) in [6, 6.07) is 12.1. The number of hydrogen-bond donors (Lipinski definition) is 2. The van der Waals surface area contributed by atoms with Gasteiger partial charge in [-0.1, -0.05) is 44.2 Å². The van der Waals surface area contributed by atoms with Gasteiger partial charge < -0.3 is 10.1 Å². The van der Waals surface area contributed by atoms with Crippen LogP contribution in [0.4, 0.5) is 10.1 Å². The third-order valence-corrected chi connectivity index (χ3v) is 6.62. The van der Waals surface area contributed by atoms with Crippen molar-refractivity contribution in [2.24, 2.45) is 11.3 Å². The summed E-state index contributed by atoms with van der Waals surface area (Å²) in [5, 5.41) is 2.86. The van der Waals surface area contributed by atoms with Gasteiger partial charge in [-0.05, 0) is 68.9 Å². The molecule has 0 saturated carbocycles. The van der Waals surface area contributed by atoms with Gasteiger partial charge in [0.2, 0.25) is 15.9 Å². The highest BCUT2D eigenvalue weighted by Gasteiger charge is 2.27. The number of carbonyl (C=O) groups excluding carboxylic acids is 2. The van der Waals surface area contributed by atoms with Crippen molar-refractivity contribution in [1.29, 1.82) is 0 Å². The number of nitrogens with one attached hydrogen (secondary N) is 2. The largest absolute Gasteiger partial charge is 0.462 e. The van der Waals surface area contributed by atoms with Gasteiger partial charge in [0.05, 0.1) is 23.3 Å². The molecule has 1 amide bonds. The Kier molecular flexibility index (Phi) is 10.9. The highest BCUT2D eigenvalue weighted by atomic mass is 32.2. The number of anilines is 1. The average molecular weight is 549 g/mol. The van der Waals surface area contributed by atoms with Crippen LogP contribution in [-0.4, -0.2) is 39.2 Å². The van der Waals surface area contributed by atoms with E-state index in [1.54, 1.807) is 27.7 Å². The van der Waals surface area contributed by atoms with E-state index in [0.29, 0.717) is 24.3 Å². The van der Waals surface area contributed by atoms with Gasteiger partial charge in [0.15, 0.2) is 0 Å². The number of esters is 1. The fourth-order valence-electron chi connectivity index (χ4n) is 3.92.